The highest BCUT2D eigenvalue weighted by Gasteiger charge is 2.19. The van der Waals surface area contributed by atoms with E-state index in [9.17, 15) is 5.11 Å². The fourth-order valence-corrected chi connectivity index (χ4v) is 3.41. The number of ether oxygens (including phenoxy) is 1. The molecule has 0 unspecified atom stereocenters. The van der Waals surface area contributed by atoms with Crippen LogP contribution in [0.1, 0.15) is 18.9 Å². The van der Waals surface area contributed by atoms with Crippen molar-refractivity contribution in [3.05, 3.63) is 60.2 Å². The van der Waals surface area contributed by atoms with Crippen LogP contribution in [-0.2, 0) is 6.42 Å². The Bertz CT molecular complexity index is 637. The molecule has 0 bridgehead atoms. The van der Waals surface area contributed by atoms with Gasteiger partial charge in [-0.3, -0.25) is 4.90 Å². The molecule has 1 atom stereocenters. The number of β-amino-alcohol motifs (C(OH)–C–C–N with tert-alkyl or cyclic N) is 1. The number of aryl methyl sites for hydroxylation is 1. The van der Waals surface area contributed by atoms with E-state index in [4.69, 9.17) is 4.74 Å². The van der Waals surface area contributed by atoms with Crippen molar-refractivity contribution >= 4 is 5.69 Å². The second-order valence-corrected chi connectivity index (χ2v) is 6.98. The van der Waals surface area contributed by atoms with E-state index in [1.54, 1.807) is 0 Å². The lowest BCUT2D eigenvalue weighted by atomic mass is 10.1. The smallest absolute Gasteiger partial charge is 0.119 e. The molecule has 0 spiro atoms. The van der Waals surface area contributed by atoms with Gasteiger partial charge in [-0.05, 0) is 36.2 Å². The SMILES string of the molecule is CCCc1ccc(OC[C@@H](O)CN2CCN(c3ccccc3)CC2)cc1. The lowest BCUT2D eigenvalue weighted by Gasteiger charge is -2.36. The number of piperazine rings is 1. The standard InChI is InChI=1S/C22H30N2O2/c1-2-6-19-9-11-22(12-10-19)26-18-21(25)17-23-13-15-24(16-14-23)20-7-4-3-5-8-20/h3-5,7-12,21,25H,2,6,13-18H2,1H3/t21-/m0/s1. The van der Waals surface area contributed by atoms with E-state index in [0.717, 1.165) is 44.8 Å². The first kappa shape index (κ1) is 18.7. The molecule has 0 aliphatic carbocycles. The number of hydrogen-bond acceptors (Lipinski definition) is 4. The minimum Gasteiger partial charge on any atom is -0.491 e. The first-order valence-corrected chi connectivity index (χ1v) is 9.66. The molecule has 1 N–H and O–H groups in total. The average molecular weight is 354 g/mol. The Kier molecular flexibility index (Phi) is 6.92. The van der Waals surface area contributed by atoms with Crippen molar-refractivity contribution in [1.29, 1.82) is 0 Å². The third-order valence-electron chi connectivity index (χ3n) is 4.87. The predicted molar refractivity (Wildman–Crippen MR) is 107 cm³/mol. The van der Waals surface area contributed by atoms with Crippen LogP contribution in [0.15, 0.2) is 54.6 Å². The monoisotopic (exact) mass is 354 g/mol. The summed E-state index contributed by atoms with van der Waals surface area (Å²) >= 11 is 0. The Hall–Kier alpha value is -2.04. The van der Waals surface area contributed by atoms with Crippen LogP contribution in [-0.4, -0.2) is 55.4 Å². The van der Waals surface area contributed by atoms with Gasteiger partial charge in [0.2, 0.25) is 0 Å². The van der Waals surface area contributed by atoms with Gasteiger partial charge in [-0.2, -0.15) is 0 Å². The van der Waals surface area contributed by atoms with Crippen molar-refractivity contribution < 1.29 is 9.84 Å². The van der Waals surface area contributed by atoms with E-state index in [1.165, 1.54) is 11.3 Å². The van der Waals surface area contributed by atoms with Gasteiger partial charge < -0.3 is 14.7 Å². The zero-order valence-electron chi connectivity index (χ0n) is 15.7. The van der Waals surface area contributed by atoms with Gasteiger partial charge in [-0.1, -0.05) is 43.7 Å². The van der Waals surface area contributed by atoms with E-state index in [0.29, 0.717) is 13.2 Å². The van der Waals surface area contributed by atoms with Gasteiger partial charge in [0.05, 0.1) is 0 Å². The molecule has 26 heavy (non-hydrogen) atoms. The van der Waals surface area contributed by atoms with Crippen LogP contribution in [0.4, 0.5) is 5.69 Å². The molecule has 0 saturated carbocycles. The van der Waals surface area contributed by atoms with Crippen LogP contribution < -0.4 is 9.64 Å². The molecule has 4 heteroatoms. The normalized spacial score (nSPS) is 16.5. The molecule has 0 aromatic heterocycles. The summed E-state index contributed by atoms with van der Waals surface area (Å²) < 4.78 is 5.75. The maximum Gasteiger partial charge on any atom is 0.119 e. The van der Waals surface area contributed by atoms with Crippen LogP contribution in [0.5, 0.6) is 5.75 Å². The van der Waals surface area contributed by atoms with Gasteiger partial charge in [0.25, 0.3) is 0 Å². The summed E-state index contributed by atoms with van der Waals surface area (Å²) in [5, 5.41) is 10.3. The van der Waals surface area contributed by atoms with Crippen LogP contribution in [0.3, 0.4) is 0 Å². The minimum absolute atomic E-state index is 0.339. The molecule has 1 aliphatic rings. The van der Waals surface area contributed by atoms with E-state index in [2.05, 4.69) is 53.1 Å². The molecule has 2 aromatic rings. The summed E-state index contributed by atoms with van der Waals surface area (Å²) in [7, 11) is 0. The fourth-order valence-electron chi connectivity index (χ4n) is 3.41. The lowest BCUT2D eigenvalue weighted by molar-refractivity contribution is 0.0663. The zero-order valence-corrected chi connectivity index (χ0v) is 15.7. The highest BCUT2D eigenvalue weighted by atomic mass is 16.5. The third-order valence-corrected chi connectivity index (χ3v) is 4.87. The summed E-state index contributed by atoms with van der Waals surface area (Å²) in [6.07, 6.45) is 1.78. The number of hydrogen-bond donors (Lipinski definition) is 1. The summed E-state index contributed by atoms with van der Waals surface area (Å²) in [4.78, 5) is 4.72. The minimum atomic E-state index is -0.464. The zero-order chi connectivity index (χ0) is 18.2. The maximum absolute atomic E-state index is 10.3. The number of para-hydroxylation sites is 1. The Morgan fingerprint density at radius 2 is 1.65 bits per heavy atom. The van der Waals surface area contributed by atoms with Crippen LogP contribution in [0.25, 0.3) is 0 Å². The summed E-state index contributed by atoms with van der Waals surface area (Å²) in [5.74, 6) is 0.831. The van der Waals surface area contributed by atoms with Crippen molar-refractivity contribution in [3.8, 4) is 5.75 Å². The third kappa shape index (κ3) is 5.48. The van der Waals surface area contributed by atoms with E-state index in [-0.39, 0.29) is 0 Å². The van der Waals surface area contributed by atoms with Gasteiger partial charge >= 0.3 is 0 Å². The molecule has 4 nitrogen and oxygen atoms in total. The first-order chi connectivity index (χ1) is 12.7. The quantitative estimate of drug-likeness (QED) is 0.790. The fraction of sp³-hybridized carbons (Fsp3) is 0.455. The molecule has 1 heterocycles. The van der Waals surface area contributed by atoms with E-state index >= 15 is 0 Å². The Morgan fingerprint density at radius 3 is 2.31 bits per heavy atom. The van der Waals surface area contributed by atoms with Crippen molar-refractivity contribution in [1.82, 2.24) is 4.90 Å². The highest BCUT2D eigenvalue weighted by molar-refractivity contribution is 5.46. The summed E-state index contributed by atoms with van der Waals surface area (Å²) in [5.41, 5.74) is 2.61. The molecule has 2 aromatic carbocycles. The largest absolute Gasteiger partial charge is 0.491 e. The van der Waals surface area contributed by atoms with Gasteiger partial charge in [0.15, 0.2) is 0 Å². The van der Waals surface area contributed by atoms with Gasteiger partial charge in [-0.15, -0.1) is 0 Å². The molecule has 0 amide bonds. The highest BCUT2D eigenvalue weighted by Crippen LogP contribution is 2.16. The second kappa shape index (κ2) is 9.60. The van der Waals surface area contributed by atoms with Crippen molar-refractivity contribution in [2.24, 2.45) is 0 Å². The Labute approximate surface area is 157 Å². The number of aliphatic hydroxyl groups excluding tert-OH is 1. The van der Waals surface area contributed by atoms with Gasteiger partial charge in [0, 0.05) is 38.4 Å². The molecule has 140 valence electrons. The van der Waals surface area contributed by atoms with Crippen molar-refractivity contribution in [2.45, 2.75) is 25.9 Å². The predicted octanol–water partition coefficient (Wildman–Crippen LogP) is 3.20. The Morgan fingerprint density at radius 1 is 0.962 bits per heavy atom. The number of nitrogens with zero attached hydrogens (tertiary/aromatic N) is 2. The first-order valence-electron chi connectivity index (χ1n) is 9.66. The van der Waals surface area contributed by atoms with Crippen LogP contribution in [0.2, 0.25) is 0 Å². The molecule has 0 radical (unpaired) electrons. The maximum atomic E-state index is 10.3. The number of aliphatic hydroxyl groups is 1. The Balaban J connectivity index is 1.38. The number of benzene rings is 2. The number of anilines is 1. The molecular formula is C22H30N2O2. The van der Waals surface area contributed by atoms with E-state index < -0.39 is 6.10 Å². The lowest BCUT2D eigenvalue weighted by Crippen LogP contribution is -2.49. The summed E-state index contributed by atoms with van der Waals surface area (Å²) in [6, 6.07) is 18.7. The second-order valence-electron chi connectivity index (χ2n) is 6.98. The van der Waals surface area contributed by atoms with Crippen LogP contribution >= 0.6 is 0 Å². The van der Waals surface area contributed by atoms with Gasteiger partial charge in [0.1, 0.15) is 18.5 Å². The molecule has 1 saturated heterocycles. The van der Waals surface area contributed by atoms with Crippen molar-refractivity contribution in [2.75, 3.05) is 44.2 Å². The molecule has 1 fully saturated rings. The van der Waals surface area contributed by atoms with Gasteiger partial charge in [-0.25, -0.2) is 0 Å². The summed E-state index contributed by atoms with van der Waals surface area (Å²) in [6.45, 7) is 7.12. The topological polar surface area (TPSA) is 35.9 Å². The average Bonchev–Trinajstić information content (AvgIpc) is 2.69. The van der Waals surface area contributed by atoms with E-state index in [1.807, 2.05) is 18.2 Å². The molecule has 3 rings (SSSR count). The van der Waals surface area contributed by atoms with Crippen LogP contribution in [0, 0.1) is 0 Å². The molecular weight excluding hydrogens is 324 g/mol. The molecule has 1 aliphatic heterocycles. The number of rotatable bonds is 8. The van der Waals surface area contributed by atoms with Crippen molar-refractivity contribution in [3.63, 3.8) is 0 Å².